The Labute approximate surface area is 118 Å². The molecule has 0 saturated heterocycles. The van der Waals surface area contributed by atoms with Crippen molar-refractivity contribution in [3.63, 3.8) is 0 Å². The Bertz CT molecular complexity index is 672. The highest BCUT2D eigenvalue weighted by Gasteiger charge is 2.18. The second-order valence-electron chi connectivity index (χ2n) is 4.42. The van der Waals surface area contributed by atoms with Gasteiger partial charge in [0.1, 0.15) is 11.6 Å². The monoisotopic (exact) mass is 296 g/mol. The van der Waals surface area contributed by atoms with Crippen molar-refractivity contribution in [2.45, 2.75) is 13.0 Å². The molecular weight excluding hydrogens is 285 g/mol. The van der Waals surface area contributed by atoms with Crippen molar-refractivity contribution in [2.24, 2.45) is 0 Å². The van der Waals surface area contributed by atoms with Crippen LogP contribution in [0.5, 0.6) is 0 Å². The van der Waals surface area contributed by atoms with Gasteiger partial charge in [-0.15, -0.1) is 0 Å². The van der Waals surface area contributed by atoms with Crippen molar-refractivity contribution in [1.82, 2.24) is 0 Å². The maximum atomic E-state index is 13.6. The molecule has 4 nitrogen and oxygen atoms in total. The normalized spacial score (nSPS) is 12.0. The van der Waals surface area contributed by atoms with Crippen LogP contribution in [0.15, 0.2) is 36.4 Å². The fourth-order valence-corrected chi connectivity index (χ4v) is 1.99. The molecule has 0 heterocycles. The van der Waals surface area contributed by atoms with Crippen LogP contribution in [-0.4, -0.2) is 4.92 Å². The summed E-state index contributed by atoms with van der Waals surface area (Å²) in [7, 11) is 0. The van der Waals surface area contributed by atoms with Crippen LogP contribution >= 0.6 is 0 Å². The highest BCUT2D eigenvalue weighted by atomic mass is 19.1. The van der Waals surface area contributed by atoms with E-state index < -0.39 is 34.1 Å². The third-order valence-electron chi connectivity index (χ3n) is 2.96. The van der Waals surface area contributed by atoms with Crippen LogP contribution in [-0.2, 0) is 0 Å². The molecule has 7 heteroatoms. The van der Waals surface area contributed by atoms with Crippen molar-refractivity contribution in [3.05, 3.63) is 69.5 Å². The van der Waals surface area contributed by atoms with Crippen molar-refractivity contribution in [3.8, 4) is 0 Å². The molecule has 0 amide bonds. The molecule has 0 radical (unpaired) electrons. The Morgan fingerprint density at radius 3 is 2.24 bits per heavy atom. The van der Waals surface area contributed by atoms with Crippen molar-refractivity contribution in [1.29, 1.82) is 0 Å². The van der Waals surface area contributed by atoms with Crippen LogP contribution in [0.4, 0.5) is 24.5 Å². The molecule has 21 heavy (non-hydrogen) atoms. The second-order valence-corrected chi connectivity index (χ2v) is 4.42. The molecule has 2 aromatic rings. The Morgan fingerprint density at radius 1 is 1.10 bits per heavy atom. The molecule has 2 rings (SSSR count). The molecule has 1 unspecified atom stereocenters. The van der Waals surface area contributed by atoms with Crippen LogP contribution in [0.3, 0.4) is 0 Å². The molecule has 0 aliphatic heterocycles. The van der Waals surface area contributed by atoms with Crippen molar-refractivity contribution < 1.29 is 18.1 Å². The Kier molecular flexibility index (Phi) is 4.11. The summed E-state index contributed by atoms with van der Waals surface area (Å²) in [5, 5.41) is 13.2. The quantitative estimate of drug-likeness (QED) is 0.680. The highest BCUT2D eigenvalue weighted by molar-refractivity contribution is 5.51. The molecule has 110 valence electrons. The smallest absolute Gasteiger partial charge is 0.304 e. The first-order valence-electron chi connectivity index (χ1n) is 6.04. The molecular formula is C14H11F3N2O2. The molecule has 0 saturated carbocycles. The zero-order chi connectivity index (χ0) is 15.6. The first-order chi connectivity index (χ1) is 9.90. The summed E-state index contributed by atoms with van der Waals surface area (Å²) < 4.78 is 40.7. The minimum atomic E-state index is -1.02. The zero-order valence-corrected chi connectivity index (χ0v) is 10.9. The SMILES string of the molecule is CC(Nc1ccc([N+](=O)[O-])c(F)c1)c1c(F)cccc1F. The topological polar surface area (TPSA) is 55.2 Å². The average molecular weight is 296 g/mol. The van der Waals surface area contributed by atoms with Gasteiger partial charge in [-0.3, -0.25) is 10.1 Å². The van der Waals surface area contributed by atoms with Gasteiger partial charge in [-0.05, 0) is 25.1 Å². The molecule has 0 aliphatic carbocycles. The molecule has 0 bridgehead atoms. The van der Waals surface area contributed by atoms with Gasteiger partial charge in [-0.1, -0.05) is 6.07 Å². The van der Waals surface area contributed by atoms with Gasteiger partial charge in [0.05, 0.1) is 11.0 Å². The third-order valence-corrected chi connectivity index (χ3v) is 2.96. The van der Waals surface area contributed by atoms with E-state index in [1.807, 2.05) is 0 Å². The van der Waals surface area contributed by atoms with Gasteiger partial charge in [-0.25, -0.2) is 8.78 Å². The van der Waals surface area contributed by atoms with Crippen molar-refractivity contribution in [2.75, 3.05) is 5.32 Å². The van der Waals surface area contributed by atoms with Crippen LogP contribution in [0.25, 0.3) is 0 Å². The summed E-state index contributed by atoms with van der Waals surface area (Å²) in [5.41, 5.74) is -0.658. The summed E-state index contributed by atoms with van der Waals surface area (Å²) in [6.45, 7) is 1.50. The van der Waals surface area contributed by atoms with Crippen LogP contribution < -0.4 is 5.32 Å². The minimum absolute atomic E-state index is 0.184. The lowest BCUT2D eigenvalue weighted by atomic mass is 10.1. The van der Waals surface area contributed by atoms with Gasteiger partial charge in [0.2, 0.25) is 5.82 Å². The molecule has 0 spiro atoms. The minimum Gasteiger partial charge on any atom is -0.378 e. The van der Waals surface area contributed by atoms with Gasteiger partial charge in [0, 0.05) is 23.4 Å². The van der Waals surface area contributed by atoms with Crippen molar-refractivity contribution >= 4 is 11.4 Å². The number of hydrogen-bond acceptors (Lipinski definition) is 3. The van der Waals surface area contributed by atoms with Gasteiger partial charge in [-0.2, -0.15) is 4.39 Å². The van der Waals surface area contributed by atoms with Gasteiger partial charge in [0.15, 0.2) is 0 Å². The van der Waals surface area contributed by atoms with E-state index in [-0.39, 0.29) is 11.3 Å². The van der Waals surface area contributed by atoms with E-state index in [2.05, 4.69) is 5.32 Å². The standard InChI is InChI=1S/C14H11F3N2O2/c1-8(14-10(15)3-2-4-11(14)16)18-9-5-6-13(19(20)21)12(17)7-9/h2-8,18H,1H3. The summed E-state index contributed by atoms with van der Waals surface area (Å²) in [6, 6.07) is 5.88. The van der Waals surface area contributed by atoms with Gasteiger partial charge in [0.25, 0.3) is 0 Å². The van der Waals surface area contributed by atoms with Crippen LogP contribution in [0.1, 0.15) is 18.5 Å². The number of anilines is 1. The van der Waals surface area contributed by atoms with E-state index in [1.165, 1.54) is 19.1 Å². The van der Waals surface area contributed by atoms with E-state index in [1.54, 1.807) is 0 Å². The Balaban J connectivity index is 2.26. The predicted molar refractivity (Wildman–Crippen MR) is 71.5 cm³/mol. The number of nitro benzene ring substituents is 1. The lowest BCUT2D eigenvalue weighted by molar-refractivity contribution is -0.387. The first-order valence-corrected chi connectivity index (χ1v) is 6.04. The number of nitro groups is 1. The number of rotatable bonds is 4. The summed E-state index contributed by atoms with van der Waals surface area (Å²) >= 11 is 0. The Hall–Kier alpha value is -2.57. The van der Waals surface area contributed by atoms with Crippen LogP contribution in [0.2, 0.25) is 0 Å². The van der Waals surface area contributed by atoms with E-state index in [0.29, 0.717) is 0 Å². The predicted octanol–water partition coefficient (Wildman–Crippen LogP) is 4.19. The molecule has 0 aromatic heterocycles. The fraction of sp³-hybridized carbons (Fsp3) is 0.143. The third kappa shape index (κ3) is 3.13. The van der Waals surface area contributed by atoms with Crippen LogP contribution in [0, 0.1) is 27.6 Å². The zero-order valence-electron chi connectivity index (χ0n) is 10.9. The maximum Gasteiger partial charge on any atom is 0.304 e. The van der Waals surface area contributed by atoms with E-state index in [0.717, 1.165) is 24.3 Å². The lowest BCUT2D eigenvalue weighted by Crippen LogP contribution is -2.11. The molecule has 1 atom stereocenters. The lowest BCUT2D eigenvalue weighted by Gasteiger charge is -2.17. The number of halogens is 3. The van der Waals surface area contributed by atoms with E-state index in [9.17, 15) is 23.3 Å². The second kappa shape index (κ2) is 5.82. The highest BCUT2D eigenvalue weighted by Crippen LogP contribution is 2.26. The first kappa shape index (κ1) is 14.8. The largest absolute Gasteiger partial charge is 0.378 e. The molecule has 0 aliphatic rings. The Morgan fingerprint density at radius 2 is 1.71 bits per heavy atom. The molecule has 2 aromatic carbocycles. The van der Waals surface area contributed by atoms with Gasteiger partial charge < -0.3 is 5.32 Å². The number of nitrogens with one attached hydrogen (secondary N) is 1. The number of nitrogens with zero attached hydrogens (tertiary/aromatic N) is 1. The molecule has 1 N–H and O–H groups in total. The summed E-state index contributed by atoms with van der Waals surface area (Å²) in [6.07, 6.45) is 0. The molecule has 0 fully saturated rings. The van der Waals surface area contributed by atoms with E-state index in [4.69, 9.17) is 0 Å². The maximum absolute atomic E-state index is 13.6. The average Bonchev–Trinajstić information content (AvgIpc) is 2.37. The van der Waals surface area contributed by atoms with Gasteiger partial charge >= 0.3 is 5.69 Å². The number of hydrogen-bond donors (Lipinski definition) is 1. The summed E-state index contributed by atoms with van der Waals surface area (Å²) in [4.78, 5) is 9.66. The number of benzene rings is 2. The summed E-state index contributed by atoms with van der Waals surface area (Å²) in [5.74, 6) is -2.47. The fourth-order valence-electron chi connectivity index (χ4n) is 1.99. The van der Waals surface area contributed by atoms with E-state index >= 15 is 0 Å².